The quantitative estimate of drug-likeness (QED) is 0.242. The van der Waals surface area contributed by atoms with Crippen LogP contribution in [0.15, 0.2) is 76.3 Å². The molecule has 0 atom stereocenters. The maximum Gasteiger partial charge on any atom is 0.265 e. The molecule has 2 aromatic heterocycles. The zero-order valence-electron chi connectivity index (χ0n) is 18.2. The summed E-state index contributed by atoms with van der Waals surface area (Å²) in [6.07, 6.45) is 1.68. The SMILES string of the molecule is Cc1ccc(COc2ccc(Br)cc2/C=N/Nc2nnc3c4ccccc4n(C)c3n2)cc1. The summed E-state index contributed by atoms with van der Waals surface area (Å²) in [5, 5.41) is 13.9. The first-order chi connectivity index (χ1) is 16.1. The highest BCUT2D eigenvalue weighted by Gasteiger charge is 2.12. The van der Waals surface area contributed by atoms with Gasteiger partial charge in [0.05, 0.1) is 11.7 Å². The van der Waals surface area contributed by atoms with Crippen LogP contribution in [-0.4, -0.2) is 26.0 Å². The number of fused-ring (bicyclic) bond motifs is 3. The number of hydrazone groups is 1. The van der Waals surface area contributed by atoms with Crippen molar-refractivity contribution in [1.82, 2.24) is 19.7 Å². The summed E-state index contributed by atoms with van der Waals surface area (Å²) in [6, 6.07) is 22.1. The third-order valence-electron chi connectivity index (χ3n) is 5.36. The van der Waals surface area contributed by atoms with Gasteiger partial charge in [-0.3, -0.25) is 0 Å². The van der Waals surface area contributed by atoms with Crippen LogP contribution in [0.25, 0.3) is 22.1 Å². The predicted octanol–water partition coefficient (Wildman–Crippen LogP) is 5.61. The molecular formula is C25H21BrN6O. The molecule has 0 bridgehead atoms. The van der Waals surface area contributed by atoms with Gasteiger partial charge in [0, 0.05) is 22.5 Å². The maximum absolute atomic E-state index is 6.04. The van der Waals surface area contributed by atoms with E-state index in [-0.39, 0.29) is 0 Å². The summed E-state index contributed by atoms with van der Waals surface area (Å²) in [4.78, 5) is 4.59. The Bertz CT molecular complexity index is 1480. The Morgan fingerprint density at radius 1 is 1.06 bits per heavy atom. The average molecular weight is 501 g/mol. The zero-order valence-corrected chi connectivity index (χ0v) is 19.7. The molecule has 5 aromatic rings. The number of aromatic nitrogens is 4. The Morgan fingerprint density at radius 2 is 1.88 bits per heavy atom. The molecule has 0 amide bonds. The fourth-order valence-corrected chi connectivity index (χ4v) is 3.99. The summed E-state index contributed by atoms with van der Waals surface area (Å²) in [6.45, 7) is 2.54. The number of rotatable bonds is 6. The van der Waals surface area contributed by atoms with Crippen LogP contribution >= 0.6 is 15.9 Å². The third kappa shape index (κ3) is 4.42. The van der Waals surface area contributed by atoms with Crippen LogP contribution in [0.4, 0.5) is 5.95 Å². The minimum absolute atomic E-state index is 0.321. The second kappa shape index (κ2) is 8.99. The van der Waals surface area contributed by atoms with Crippen molar-refractivity contribution in [3.8, 4) is 5.75 Å². The van der Waals surface area contributed by atoms with Crippen LogP contribution in [0.3, 0.4) is 0 Å². The lowest BCUT2D eigenvalue weighted by atomic mass is 10.1. The van der Waals surface area contributed by atoms with Crippen molar-refractivity contribution in [3.63, 3.8) is 0 Å². The van der Waals surface area contributed by atoms with E-state index >= 15 is 0 Å². The van der Waals surface area contributed by atoms with Gasteiger partial charge in [-0.1, -0.05) is 64.0 Å². The molecule has 8 heteroatoms. The molecule has 3 aromatic carbocycles. The van der Waals surface area contributed by atoms with E-state index in [2.05, 4.69) is 72.8 Å². The first kappa shape index (κ1) is 21.1. The largest absolute Gasteiger partial charge is 0.488 e. The fourth-order valence-electron chi connectivity index (χ4n) is 3.61. The maximum atomic E-state index is 6.04. The van der Waals surface area contributed by atoms with E-state index in [4.69, 9.17) is 4.74 Å². The molecule has 1 N–H and O–H groups in total. The molecule has 0 aliphatic carbocycles. The summed E-state index contributed by atoms with van der Waals surface area (Å²) in [5.74, 6) is 1.05. The molecule has 0 aliphatic heterocycles. The van der Waals surface area contributed by atoms with Crippen molar-refractivity contribution in [1.29, 1.82) is 0 Å². The minimum Gasteiger partial charge on any atom is -0.488 e. The van der Waals surface area contributed by atoms with E-state index in [1.807, 2.05) is 54.1 Å². The summed E-state index contributed by atoms with van der Waals surface area (Å²) in [5.41, 5.74) is 8.60. The van der Waals surface area contributed by atoms with Gasteiger partial charge >= 0.3 is 0 Å². The molecule has 0 unspecified atom stereocenters. The molecule has 33 heavy (non-hydrogen) atoms. The number of anilines is 1. The molecule has 7 nitrogen and oxygen atoms in total. The van der Waals surface area contributed by atoms with Gasteiger partial charge in [0.15, 0.2) is 5.65 Å². The lowest BCUT2D eigenvalue weighted by molar-refractivity contribution is 0.305. The monoisotopic (exact) mass is 500 g/mol. The molecular weight excluding hydrogens is 480 g/mol. The number of hydrogen-bond acceptors (Lipinski definition) is 6. The molecule has 2 heterocycles. The van der Waals surface area contributed by atoms with Gasteiger partial charge in [-0.05, 0) is 36.8 Å². The number of para-hydroxylation sites is 1. The van der Waals surface area contributed by atoms with E-state index < -0.39 is 0 Å². The molecule has 5 rings (SSSR count). The van der Waals surface area contributed by atoms with Crippen LogP contribution in [0, 0.1) is 6.92 Å². The van der Waals surface area contributed by atoms with Gasteiger partial charge in [0.1, 0.15) is 17.9 Å². The van der Waals surface area contributed by atoms with Gasteiger partial charge in [0.25, 0.3) is 5.95 Å². The lowest BCUT2D eigenvalue weighted by Crippen LogP contribution is -2.02. The summed E-state index contributed by atoms with van der Waals surface area (Å²) in [7, 11) is 1.96. The number of ether oxygens (including phenoxy) is 1. The van der Waals surface area contributed by atoms with E-state index in [1.54, 1.807) is 6.21 Å². The Labute approximate surface area is 199 Å². The number of halogens is 1. The number of nitrogens with zero attached hydrogens (tertiary/aromatic N) is 5. The number of nitrogens with one attached hydrogen (secondary N) is 1. The molecule has 0 fully saturated rings. The molecule has 0 radical (unpaired) electrons. The van der Waals surface area contributed by atoms with Crippen molar-refractivity contribution < 1.29 is 4.74 Å². The van der Waals surface area contributed by atoms with E-state index in [0.717, 1.165) is 43.4 Å². The first-order valence-corrected chi connectivity index (χ1v) is 11.2. The molecule has 0 saturated carbocycles. The molecule has 0 saturated heterocycles. The number of aryl methyl sites for hydroxylation is 2. The highest BCUT2D eigenvalue weighted by atomic mass is 79.9. The van der Waals surface area contributed by atoms with Crippen molar-refractivity contribution in [2.45, 2.75) is 13.5 Å². The summed E-state index contributed by atoms with van der Waals surface area (Å²) >= 11 is 3.51. The van der Waals surface area contributed by atoms with E-state index in [1.165, 1.54) is 5.56 Å². The summed E-state index contributed by atoms with van der Waals surface area (Å²) < 4.78 is 8.97. The number of hydrogen-bond donors (Lipinski definition) is 1. The van der Waals surface area contributed by atoms with Crippen molar-refractivity contribution in [2.75, 3.05) is 5.43 Å². The average Bonchev–Trinajstić information content (AvgIpc) is 3.11. The van der Waals surface area contributed by atoms with Crippen LogP contribution in [0.5, 0.6) is 5.75 Å². The van der Waals surface area contributed by atoms with Crippen LogP contribution < -0.4 is 10.2 Å². The highest BCUT2D eigenvalue weighted by molar-refractivity contribution is 9.10. The predicted molar refractivity (Wildman–Crippen MR) is 135 cm³/mol. The topological polar surface area (TPSA) is 77.2 Å². The normalized spacial score (nSPS) is 11.5. The molecule has 164 valence electrons. The van der Waals surface area contributed by atoms with Gasteiger partial charge in [-0.25, -0.2) is 5.43 Å². The Kier molecular flexibility index (Phi) is 5.75. The van der Waals surface area contributed by atoms with Crippen molar-refractivity contribution in [3.05, 3.63) is 87.9 Å². The van der Waals surface area contributed by atoms with Gasteiger partial charge in [-0.2, -0.15) is 10.1 Å². The van der Waals surface area contributed by atoms with Gasteiger partial charge < -0.3 is 9.30 Å². The molecule has 0 aliphatic rings. The van der Waals surface area contributed by atoms with E-state index in [0.29, 0.717) is 12.6 Å². The van der Waals surface area contributed by atoms with Crippen LogP contribution in [0.1, 0.15) is 16.7 Å². The third-order valence-corrected chi connectivity index (χ3v) is 5.85. The highest BCUT2D eigenvalue weighted by Crippen LogP contribution is 2.25. The minimum atomic E-state index is 0.321. The van der Waals surface area contributed by atoms with Crippen LogP contribution in [0.2, 0.25) is 0 Å². The fraction of sp³-hybridized carbons (Fsp3) is 0.120. The van der Waals surface area contributed by atoms with Gasteiger partial charge in [0.2, 0.25) is 0 Å². The van der Waals surface area contributed by atoms with Crippen molar-refractivity contribution >= 4 is 50.2 Å². The Morgan fingerprint density at radius 3 is 2.73 bits per heavy atom. The van der Waals surface area contributed by atoms with Gasteiger partial charge in [-0.15, -0.1) is 10.2 Å². The standard InChI is InChI=1S/C25H21BrN6O/c1-16-7-9-17(10-8-16)15-33-22-12-11-19(26)13-18(22)14-27-30-25-28-24-23(29-31-25)20-5-3-4-6-21(20)32(24)2/h3-14H,15H2,1-2H3,(H,28,30,31)/b27-14+. The first-order valence-electron chi connectivity index (χ1n) is 10.4. The molecule has 0 spiro atoms. The van der Waals surface area contributed by atoms with E-state index in [9.17, 15) is 0 Å². The van der Waals surface area contributed by atoms with Crippen molar-refractivity contribution in [2.24, 2.45) is 12.1 Å². The lowest BCUT2D eigenvalue weighted by Gasteiger charge is -2.10. The second-order valence-electron chi connectivity index (χ2n) is 7.71. The smallest absolute Gasteiger partial charge is 0.265 e. The second-order valence-corrected chi connectivity index (χ2v) is 8.63. The zero-order chi connectivity index (χ0) is 22.8. The van der Waals surface area contributed by atoms with Crippen LogP contribution in [-0.2, 0) is 13.7 Å². The Hall–Kier alpha value is -3.78. The Balaban J connectivity index is 1.35. The number of benzene rings is 3.